The summed E-state index contributed by atoms with van der Waals surface area (Å²) < 4.78 is 10.2. The van der Waals surface area contributed by atoms with E-state index in [1.54, 1.807) is 0 Å². The van der Waals surface area contributed by atoms with Crippen LogP contribution in [0.1, 0.15) is 16.7 Å². The standard InChI is InChI=1S/C28H20BrNO/c1-30-25-17-22(29)12-13-23(25)24-16-19-14-15-28(20-8-4-2-5-9-20,21-10-6-3-7-11-21)31-27(19)18-26(24)30/h2-18H,1H3. The molecule has 0 N–H and O–H groups in total. The van der Waals surface area contributed by atoms with Crippen molar-refractivity contribution in [1.29, 1.82) is 0 Å². The van der Waals surface area contributed by atoms with E-state index < -0.39 is 5.60 Å². The molecule has 3 heteroatoms. The molecule has 1 aliphatic heterocycles. The van der Waals surface area contributed by atoms with Crippen LogP contribution >= 0.6 is 15.9 Å². The zero-order valence-corrected chi connectivity index (χ0v) is 18.6. The minimum absolute atomic E-state index is 0.656. The Kier molecular flexibility index (Phi) is 4.09. The lowest BCUT2D eigenvalue weighted by Gasteiger charge is -2.36. The lowest BCUT2D eigenvalue weighted by atomic mass is 9.83. The van der Waals surface area contributed by atoms with Gasteiger partial charge < -0.3 is 9.30 Å². The largest absolute Gasteiger partial charge is 0.473 e. The molecular formula is C28H20BrNO. The van der Waals surface area contributed by atoms with Crippen LogP contribution in [0.5, 0.6) is 5.75 Å². The van der Waals surface area contributed by atoms with E-state index in [1.807, 2.05) is 12.1 Å². The number of ether oxygens (including phenoxy) is 1. The normalized spacial score (nSPS) is 14.5. The number of nitrogens with zero attached hydrogens (tertiary/aromatic N) is 1. The van der Waals surface area contributed by atoms with E-state index in [4.69, 9.17) is 4.74 Å². The summed E-state index contributed by atoms with van der Waals surface area (Å²) in [5.74, 6) is 0.896. The molecule has 2 nitrogen and oxygen atoms in total. The van der Waals surface area contributed by atoms with Crippen LogP contribution in [0.4, 0.5) is 0 Å². The van der Waals surface area contributed by atoms with Crippen molar-refractivity contribution >= 4 is 43.8 Å². The summed E-state index contributed by atoms with van der Waals surface area (Å²) in [6.07, 6.45) is 4.39. The van der Waals surface area contributed by atoms with Crippen molar-refractivity contribution in [2.45, 2.75) is 5.60 Å². The van der Waals surface area contributed by atoms with Gasteiger partial charge in [-0.25, -0.2) is 0 Å². The average molecular weight is 466 g/mol. The second-order valence-electron chi connectivity index (χ2n) is 8.03. The van der Waals surface area contributed by atoms with Gasteiger partial charge in [0, 0.05) is 50.6 Å². The van der Waals surface area contributed by atoms with Gasteiger partial charge in [-0.3, -0.25) is 0 Å². The summed E-state index contributed by atoms with van der Waals surface area (Å²) >= 11 is 3.61. The fourth-order valence-electron chi connectivity index (χ4n) is 4.70. The van der Waals surface area contributed by atoms with Crippen LogP contribution in [-0.4, -0.2) is 4.57 Å². The first kappa shape index (κ1) is 18.5. The average Bonchev–Trinajstić information content (AvgIpc) is 3.09. The van der Waals surface area contributed by atoms with Gasteiger partial charge in [-0.1, -0.05) is 88.7 Å². The second kappa shape index (κ2) is 6.86. The number of halogens is 1. The number of aromatic nitrogens is 1. The highest BCUT2D eigenvalue weighted by molar-refractivity contribution is 9.10. The maximum Gasteiger partial charge on any atom is 0.178 e. The van der Waals surface area contributed by atoms with E-state index in [0.29, 0.717) is 0 Å². The molecule has 2 heterocycles. The Labute approximate surface area is 189 Å². The van der Waals surface area contributed by atoms with E-state index in [9.17, 15) is 0 Å². The van der Waals surface area contributed by atoms with Crippen molar-refractivity contribution in [3.8, 4) is 5.75 Å². The van der Waals surface area contributed by atoms with Crippen LogP contribution < -0.4 is 4.74 Å². The molecule has 0 atom stereocenters. The number of benzene rings is 4. The van der Waals surface area contributed by atoms with Gasteiger partial charge in [0.15, 0.2) is 5.60 Å². The SMILES string of the molecule is Cn1c2cc(Br)ccc2c2cc3c(cc21)OC(c1ccccc1)(c1ccccc1)C=C3. The van der Waals surface area contributed by atoms with Gasteiger partial charge in [0.1, 0.15) is 5.75 Å². The number of rotatable bonds is 2. The van der Waals surface area contributed by atoms with E-state index in [0.717, 1.165) is 32.4 Å². The third-order valence-electron chi connectivity index (χ3n) is 6.27. The number of hydrogen-bond acceptors (Lipinski definition) is 1. The predicted octanol–water partition coefficient (Wildman–Crippen LogP) is 7.44. The van der Waals surface area contributed by atoms with Crippen molar-refractivity contribution in [3.05, 3.63) is 118 Å². The predicted molar refractivity (Wildman–Crippen MR) is 131 cm³/mol. The quantitative estimate of drug-likeness (QED) is 0.264. The van der Waals surface area contributed by atoms with Crippen LogP contribution in [0.25, 0.3) is 27.9 Å². The summed E-state index contributed by atoms with van der Waals surface area (Å²) in [5, 5.41) is 2.49. The highest BCUT2D eigenvalue weighted by Crippen LogP contribution is 2.44. The minimum atomic E-state index is -0.656. The monoisotopic (exact) mass is 465 g/mol. The summed E-state index contributed by atoms with van der Waals surface area (Å²) in [5.41, 5.74) is 5.04. The maximum absolute atomic E-state index is 6.87. The molecule has 1 aliphatic rings. The molecule has 0 bridgehead atoms. The summed E-state index contributed by atoms with van der Waals surface area (Å²) in [6, 6.07) is 31.8. The second-order valence-corrected chi connectivity index (χ2v) is 8.95. The van der Waals surface area contributed by atoms with Gasteiger partial charge in [-0.2, -0.15) is 0 Å². The molecule has 0 aliphatic carbocycles. The van der Waals surface area contributed by atoms with E-state index >= 15 is 0 Å². The van der Waals surface area contributed by atoms with Gasteiger partial charge in [-0.15, -0.1) is 0 Å². The van der Waals surface area contributed by atoms with Crippen molar-refractivity contribution in [1.82, 2.24) is 4.57 Å². The topological polar surface area (TPSA) is 14.2 Å². The van der Waals surface area contributed by atoms with Crippen molar-refractivity contribution in [3.63, 3.8) is 0 Å². The lowest BCUT2D eigenvalue weighted by Crippen LogP contribution is -2.34. The van der Waals surface area contributed by atoms with Crippen LogP contribution in [0.15, 0.2) is 102 Å². The zero-order valence-electron chi connectivity index (χ0n) is 17.0. The van der Waals surface area contributed by atoms with Crippen LogP contribution in [0.2, 0.25) is 0 Å². The summed E-state index contributed by atoms with van der Waals surface area (Å²) in [7, 11) is 2.11. The van der Waals surface area contributed by atoms with Gasteiger partial charge in [-0.05, 0) is 24.3 Å². The Bertz CT molecular complexity index is 1430. The molecule has 4 aromatic carbocycles. The molecule has 0 amide bonds. The molecule has 0 radical (unpaired) electrons. The first-order valence-corrected chi connectivity index (χ1v) is 11.2. The van der Waals surface area contributed by atoms with Crippen molar-refractivity contribution in [2.24, 2.45) is 7.05 Å². The van der Waals surface area contributed by atoms with Crippen LogP contribution in [0, 0.1) is 0 Å². The van der Waals surface area contributed by atoms with Gasteiger partial charge in [0.05, 0.1) is 5.52 Å². The van der Waals surface area contributed by atoms with Crippen LogP contribution in [-0.2, 0) is 12.6 Å². The van der Waals surface area contributed by atoms with Gasteiger partial charge in [0.2, 0.25) is 0 Å². The molecule has 5 aromatic rings. The number of aryl methyl sites for hydroxylation is 1. The fourth-order valence-corrected chi connectivity index (χ4v) is 5.05. The smallest absolute Gasteiger partial charge is 0.178 e. The van der Waals surface area contributed by atoms with Gasteiger partial charge >= 0.3 is 0 Å². The van der Waals surface area contributed by atoms with Gasteiger partial charge in [0.25, 0.3) is 0 Å². The molecule has 0 saturated heterocycles. The molecule has 0 fully saturated rings. The highest BCUT2D eigenvalue weighted by atomic mass is 79.9. The van der Waals surface area contributed by atoms with Crippen LogP contribution in [0.3, 0.4) is 0 Å². The Morgan fingerprint density at radius 1 is 0.742 bits per heavy atom. The molecule has 0 spiro atoms. The molecule has 1 aromatic heterocycles. The Morgan fingerprint density at radius 2 is 1.39 bits per heavy atom. The summed E-state index contributed by atoms with van der Waals surface area (Å²) in [6.45, 7) is 0. The number of fused-ring (bicyclic) bond motifs is 4. The molecule has 6 rings (SSSR count). The first-order valence-electron chi connectivity index (χ1n) is 10.4. The molecule has 0 saturated carbocycles. The van der Waals surface area contributed by atoms with E-state index in [-0.39, 0.29) is 0 Å². The minimum Gasteiger partial charge on any atom is -0.473 e. The lowest BCUT2D eigenvalue weighted by molar-refractivity contribution is 0.161. The van der Waals surface area contributed by atoms with Crippen molar-refractivity contribution < 1.29 is 4.74 Å². The highest BCUT2D eigenvalue weighted by Gasteiger charge is 2.37. The zero-order chi connectivity index (χ0) is 21.0. The summed E-state index contributed by atoms with van der Waals surface area (Å²) in [4.78, 5) is 0. The Balaban J connectivity index is 1.59. The Morgan fingerprint density at radius 3 is 2.06 bits per heavy atom. The molecule has 150 valence electrons. The van der Waals surface area contributed by atoms with E-state index in [1.165, 1.54) is 16.3 Å². The van der Waals surface area contributed by atoms with Crippen molar-refractivity contribution in [2.75, 3.05) is 0 Å². The van der Waals surface area contributed by atoms with E-state index in [2.05, 4.69) is 119 Å². The maximum atomic E-state index is 6.87. The molecule has 0 unspecified atom stereocenters. The third kappa shape index (κ3) is 2.77. The Hall–Kier alpha value is -3.30. The fraction of sp³-hybridized carbons (Fsp3) is 0.0714. The molecular weight excluding hydrogens is 446 g/mol. The third-order valence-corrected chi connectivity index (χ3v) is 6.77. The first-order chi connectivity index (χ1) is 15.2. The molecule has 31 heavy (non-hydrogen) atoms. The number of hydrogen-bond donors (Lipinski definition) is 0.